The summed E-state index contributed by atoms with van der Waals surface area (Å²) in [7, 11) is 0. The van der Waals surface area contributed by atoms with E-state index in [2.05, 4.69) is 48.0 Å². The first-order chi connectivity index (χ1) is 10.2. The third kappa shape index (κ3) is 3.03. The Bertz CT molecular complexity index is 617. The maximum Gasteiger partial charge on any atom is 0.0723 e. The molecule has 1 aliphatic rings. The number of nitrogens with two attached hydrogens (primary N) is 1. The van der Waals surface area contributed by atoms with Gasteiger partial charge >= 0.3 is 0 Å². The number of hydrogen-bond acceptors (Lipinski definition) is 3. The van der Waals surface area contributed by atoms with E-state index in [1.807, 2.05) is 6.20 Å². The van der Waals surface area contributed by atoms with Crippen molar-refractivity contribution in [1.82, 2.24) is 4.98 Å². The van der Waals surface area contributed by atoms with Crippen LogP contribution >= 0.6 is 0 Å². The van der Waals surface area contributed by atoms with Crippen molar-refractivity contribution in [3.8, 4) is 0 Å². The van der Waals surface area contributed by atoms with Crippen LogP contribution in [0, 0.1) is 5.92 Å². The van der Waals surface area contributed by atoms with Crippen LogP contribution in [0.2, 0.25) is 0 Å². The van der Waals surface area contributed by atoms with E-state index in [-0.39, 0.29) is 0 Å². The summed E-state index contributed by atoms with van der Waals surface area (Å²) >= 11 is 0. The fourth-order valence-corrected chi connectivity index (χ4v) is 2.92. The number of rotatable bonds is 6. The molecule has 2 aromatic rings. The molecule has 0 radical (unpaired) electrons. The molecule has 0 bridgehead atoms. The lowest BCUT2D eigenvalue weighted by atomic mass is 10.1. The average molecular weight is 283 g/mol. The molecule has 3 rings (SSSR count). The van der Waals surface area contributed by atoms with Crippen LogP contribution in [-0.4, -0.2) is 17.6 Å². The van der Waals surface area contributed by atoms with E-state index in [0.717, 1.165) is 18.0 Å². The van der Waals surface area contributed by atoms with Gasteiger partial charge in [-0.25, -0.2) is 0 Å². The molecule has 0 atom stereocenters. The molecule has 112 valence electrons. The molecule has 0 spiro atoms. The van der Waals surface area contributed by atoms with Crippen molar-refractivity contribution < 1.29 is 0 Å². The molecule has 0 saturated heterocycles. The van der Waals surface area contributed by atoms with Crippen molar-refractivity contribution in [1.29, 1.82) is 0 Å². The molecule has 3 nitrogen and oxygen atoms in total. The predicted octanol–water partition coefficient (Wildman–Crippen LogP) is 3.71. The zero-order chi connectivity index (χ0) is 14.8. The maximum absolute atomic E-state index is 5.99. The Hall–Kier alpha value is -1.61. The minimum atomic E-state index is 0.554. The van der Waals surface area contributed by atoms with Gasteiger partial charge in [0.05, 0.1) is 11.2 Å². The van der Waals surface area contributed by atoms with Gasteiger partial charge in [0.25, 0.3) is 0 Å². The first-order valence-corrected chi connectivity index (χ1v) is 8.04. The SMILES string of the molecule is CC(C)CCN(c1c(CN)cnc2ccccc12)C1CC1. The second-order valence-electron chi connectivity index (χ2n) is 6.46. The maximum atomic E-state index is 5.99. The second kappa shape index (κ2) is 6.02. The molecule has 1 aliphatic carbocycles. The van der Waals surface area contributed by atoms with Crippen LogP contribution < -0.4 is 10.6 Å². The number of aromatic nitrogens is 1. The summed E-state index contributed by atoms with van der Waals surface area (Å²) in [5.74, 6) is 0.723. The van der Waals surface area contributed by atoms with E-state index in [1.165, 1.54) is 35.9 Å². The van der Waals surface area contributed by atoms with E-state index in [4.69, 9.17) is 5.73 Å². The average Bonchev–Trinajstić information content (AvgIpc) is 3.32. The van der Waals surface area contributed by atoms with E-state index < -0.39 is 0 Å². The minimum Gasteiger partial charge on any atom is -0.368 e. The summed E-state index contributed by atoms with van der Waals surface area (Å²) in [5, 5.41) is 1.25. The van der Waals surface area contributed by atoms with Crippen molar-refractivity contribution in [2.45, 2.75) is 45.7 Å². The molecule has 0 aliphatic heterocycles. The summed E-state index contributed by atoms with van der Waals surface area (Å²) < 4.78 is 0. The molecule has 1 heterocycles. The van der Waals surface area contributed by atoms with Gasteiger partial charge < -0.3 is 10.6 Å². The van der Waals surface area contributed by atoms with Crippen LogP contribution in [0.15, 0.2) is 30.5 Å². The number of para-hydroxylation sites is 1. The highest BCUT2D eigenvalue weighted by Crippen LogP contribution is 2.37. The normalized spacial score (nSPS) is 14.9. The third-order valence-electron chi connectivity index (χ3n) is 4.26. The van der Waals surface area contributed by atoms with Crippen molar-refractivity contribution in [3.05, 3.63) is 36.0 Å². The standard InChI is InChI=1S/C18H25N3/c1-13(2)9-10-21(15-7-8-15)18-14(11-19)12-20-17-6-4-3-5-16(17)18/h3-6,12-13,15H,7-11,19H2,1-2H3. The highest BCUT2D eigenvalue weighted by atomic mass is 15.2. The second-order valence-corrected chi connectivity index (χ2v) is 6.46. The van der Waals surface area contributed by atoms with Gasteiger partial charge in [0, 0.05) is 36.3 Å². The topological polar surface area (TPSA) is 42.1 Å². The number of benzene rings is 1. The van der Waals surface area contributed by atoms with Gasteiger partial charge in [0.15, 0.2) is 0 Å². The number of hydrogen-bond donors (Lipinski definition) is 1. The zero-order valence-electron chi connectivity index (χ0n) is 13.0. The van der Waals surface area contributed by atoms with Crippen molar-refractivity contribution in [2.75, 3.05) is 11.4 Å². The fourth-order valence-electron chi connectivity index (χ4n) is 2.92. The first kappa shape index (κ1) is 14.3. The van der Waals surface area contributed by atoms with E-state index in [9.17, 15) is 0 Å². The van der Waals surface area contributed by atoms with Crippen LogP contribution in [0.1, 0.15) is 38.7 Å². The largest absolute Gasteiger partial charge is 0.368 e. The van der Waals surface area contributed by atoms with Gasteiger partial charge in [-0.05, 0) is 31.2 Å². The number of anilines is 1. The van der Waals surface area contributed by atoms with Gasteiger partial charge in [-0.3, -0.25) is 4.98 Å². The minimum absolute atomic E-state index is 0.554. The summed E-state index contributed by atoms with van der Waals surface area (Å²) in [6.07, 6.45) is 5.79. The molecular weight excluding hydrogens is 258 g/mol. The van der Waals surface area contributed by atoms with Gasteiger partial charge in [0.1, 0.15) is 0 Å². The van der Waals surface area contributed by atoms with Crippen LogP contribution in [0.3, 0.4) is 0 Å². The van der Waals surface area contributed by atoms with Gasteiger partial charge in [-0.2, -0.15) is 0 Å². The molecule has 21 heavy (non-hydrogen) atoms. The molecule has 1 aromatic carbocycles. The van der Waals surface area contributed by atoms with Crippen LogP contribution in [0.25, 0.3) is 10.9 Å². The van der Waals surface area contributed by atoms with E-state index in [0.29, 0.717) is 12.6 Å². The van der Waals surface area contributed by atoms with Gasteiger partial charge in [0.2, 0.25) is 0 Å². The monoisotopic (exact) mass is 283 g/mol. The lowest BCUT2D eigenvalue weighted by molar-refractivity contribution is 0.570. The summed E-state index contributed by atoms with van der Waals surface area (Å²) in [6.45, 7) is 6.25. The van der Waals surface area contributed by atoms with Crippen LogP contribution in [-0.2, 0) is 6.54 Å². The Balaban J connectivity index is 2.06. The Morgan fingerprint density at radius 2 is 2.05 bits per heavy atom. The molecule has 0 unspecified atom stereocenters. The summed E-state index contributed by atoms with van der Waals surface area (Å²) in [5.41, 5.74) is 9.55. The lowest BCUT2D eigenvalue weighted by Crippen LogP contribution is -2.29. The molecular formula is C18H25N3. The van der Waals surface area contributed by atoms with Crippen LogP contribution in [0.4, 0.5) is 5.69 Å². The quantitative estimate of drug-likeness (QED) is 0.878. The van der Waals surface area contributed by atoms with Gasteiger partial charge in [-0.15, -0.1) is 0 Å². The Morgan fingerprint density at radius 3 is 2.71 bits per heavy atom. The smallest absolute Gasteiger partial charge is 0.0723 e. The highest BCUT2D eigenvalue weighted by Gasteiger charge is 2.31. The van der Waals surface area contributed by atoms with E-state index >= 15 is 0 Å². The highest BCUT2D eigenvalue weighted by molar-refractivity contribution is 5.93. The molecule has 3 heteroatoms. The van der Waals surface area contributed by atoms with Crippen molar-refractivity contribution in [2.24, 2.45) is 11.7 Å². The molecule has 2 N–H and O–H groups in total. The Kier molecular flexibility index (Phi) is 4.11. The fraction of sp³-hybridized carbons (Fsp3) is 0.500. The summed E-state index contributed by atoms with van der Waals surface area (Å²) in [4.78, 5) is 7.15. The third-order valence-corrected chi connectivity index (χ3v) is 4.26. The molecule has 1 saturated carbocycles. The lowest BCUT2D eigenvalue weighted by Gasteiger charge is -2.29. The van der Waals surface area contributed by atoms with E-state index in [1.54, 1.807) is 0 Å². The van der Waals surface area contributed by atoms with Crippen molar-refractivity contribution in [3.63, 3.8) is 0 Å². The summed E-state index contributed by atoms with van der Waals surface area (Å²) in [6, 6.07) is 9.12. The molecule has 0 amide bonds. The Morgan fingerprint density at radius 1 is 1.29 bits per heavy atom. The van der Waals surface area contributed by atoms with Crippen molar-refractivity contribution >= 4 is 16.6 Å². The number of fused-ring (bicyclic) bond motifs is 1. The zero-order valence-corrected chi connectivity index (χ0v) is 13.0. The predicted molar refractivity (Wildman–Crippen MR) is 89.5 cm³/mol. The number of pyridine rings is 1. The molecule has 1 aromatic heterocycles. The van der Waals surface area contributed by atoms with Crippen LogP contribution in [0.5, 0.6) is 0 Å². The van der Waals surface area contributed by atoms with Gasteiger partial charge in [-0.1, -0.05) is 32.0 Å². The number of nitrogens with zero attached hydrogens (tertiary/aromatic N) is 2. The first-order valence-electron chi connectivity index (χ1n) is 8.04. The molecule has 1 fully saturated rings. The Labute approximate surface area is 127 Å².